The van der Waals surface area contributed by atoms with Gasteiger partial charge in [-0.2, -0.15) is 8.78 Å². The number of alkyl halides is 2. The highest BCUT2D eigenvalue weighted by Gasteiger charge is 2.15. The number of amides is 2. The van der Waals surface area contributed by atoms with E-state index in [0.29, 0.717) is 12.1 Å². The van der Waals surface area contributed by atoms with Crippen molar-refractivity contribution in [2.45, 2.75) is 32.9 Å². The third kappa shape index (κ3) is 6.36. The van der Waals surface area contributed by atoms with E-state index in [4.69, 9.17) is 0 Å². The van der Waals surface area contributed by atoms with Crippen molar-refractivity contribution in [3.8, 4) is 5.75 Å². The Balaban J connectivity index is 1.93. The van der Waals surface area contributed by atoms with Gasteiger partial charge in [-0.1, -0.05) is 37.6 Å². The van der Waals surface area contributed by atoms with Crippen molar-refractivity contribution < 1.29 is 23.1 Å². The van der Waals surface area contributed by atoms with E-state index in [2.05, 4.69) is 15.4 Å². The predicted molar refractivity (Wildman–Crippen MR) is 97.9 cm³/mol. The Bertz CT molecular complexity index is 764. The average molecular weight is 376 g/mol. The summed E-state index contributed by atoms with van der Waals surface area (Å²) >= 11 is 0. The molecule has 2 aromatic carbocycles. The van der Waals surface area contributed by atoms with Gasteiger partial charge in [0.15, 0.2) is 0 Å². The molecule has 0 aromatic heterocycles. The molecule has 0 radical (unpaired) electrons. The Hall–Kier alpha value is -2.96. The molecule has 0 saturated heterocycles. The van der Waals surface area contributed by atoms with Crippen molar-refractivity contribution in [2.75, 3.05) is 6.54 Å². The largest absolute Gasteiger partial charge is 0.434 e. The number of hydrogen-bond donors (Lipinski definition) is 2. The molecule has 0 bridgehead atoms. The van der Waals surface area contributed by atoms with Crippen molar-refractivity contribution in [3.63, 3.8) is 0 Å². The molecule has 0 saturated carbocycles. The van der Waals surface area contributed by atoms with E-state index in [1.807, 2.05) is 6.92 Å². The van der Waals surface area contributed by atoms with Gasteiger partial charge in [0.2, 0.25) is 0 Å². The van der Waals surface area contributed by atoms with Gasteiger partial charge in [0, 0.05) is 18.7 Å². The second-order valence-electron chi connectivity index (χ2n) is 5.86. The Morgan fingerprint density at radius 2 is 1.70 bits per heavy atom. The zero-order valence-electron chi connectivity index (χ0n) is 15.0. The molecule has 0 spiro atoms. The number of hydrogen-bond acceptors (Lipinski definition) is 3. The van der Waals surface area contributed by atoms with Crippen molar-refractivity contribution in [3.05, 3.63) is 65.2 Å². The molecule has 0 aliphatic carbocycles. The quantitative estimate of drug-likeness (QED) is 0.655. The van der Waals surface area contributed by atoms with Gasteiger partial charge in [0.05, 0.1) is 5.56 Å². The smallest absolute Gasteiger partial charge is 0.387 e. The number of nitrogens with one attached hydrogen (secondary N) is 2. The first-order valence-corrected chi connectivity index (χ1v) is 8.70. The van der Waals surface area contributed by atoms with Crippen molar-refractivity contribution in [2.24, 2.45) is 0 Å². The first-order chi connectivity index (χ1) is 13.0. The number of carbonyl (C=O) groups is 2. The summed E-state index contributed by atoms with van der Waals surface area (Å²) in [5.41, 5.74) is 1.35. The van der Waals surface area contributed by atoms with E-state index in [9.17, 15) is 18.4 Å². The van der Waals surface area contributed by atoms with E-state index < -0.39 is 12.5 Å². The lowest BCUT2D eigenvalue weighted by Gasteiger charge is -2.11. The normalized spacial score (nSPS) is 10.5. The zero-order chi connectivity index (χ0) is 19.6. The number of rotatable bonds is 9. The van der Waals surface area contributed by atoms with Crippen LogP contribution in [0.3, 0.4) is 0 Å². The molecule has 5 nitrogen and oxygen atoms in total. The van der Waals surface area contributed by atoms with E-state index in [-0.39, 0.29) is 23.8 Å². The van der Waals surface area contributed by atoms with Gasteiger partial charge >= 0.3 is 6.61 Å². The minimum absolute atomic E-state index is 0.0322. The van der Waals surface area contributed by atoms with Crippen molar-refractivity contribution in [1.29, 1.82) is 0 Å². The van der Waals surface area contributed by atoms with Crippen LogP contribution in [0.1, 0.15) is 46.0 Å². The summed E-state index contributed by atoms with van der Waals surface area (Å²) in [5, 5.41) is 5.48. The van der Waals surface area contributed by atoms with Crippen molar-refractivity contribution in [1.82, 2.24) is 10.6 Å². The number of para-hydroxylation sites is 1. The maximum absolute atomic E-state index is 12.4. The minimum Gasteiger partial charge on any atom is -0.434 e. The third-order valence-electron chi connectivity index (χ3n) is 3.83. The summed E-state index contributed by atoms with van der Waals surface area (Å²) in [5.74, 6) is -0.839. The number of halogens is 2. The summed E-state index contributed by atoms with van der Waals surface area (Å²) in [4.78, 5) is 24.2. The van der Waals surface area contributed by atoms with Crippen LogP contribution < -0.4 is 15.4 Å². The van der Waals surface area contributed by atoms with Crippen LogP contribution in [-0.2, 0) is 6.54 Å². The molecule has 2 amide bonds. The molecule has 2 aromatic rings. The number of carbonyl (C=O) groups excluding carboxylic acids is 2. The highest BCUT2D eigenvalue weighted by atomic mass is 19.3. The molecule has 7 heteroatoms. The number of benzene rings is 2. The number of ether oxygens (including phenoxy) is 1. The average Bonchev–Trinajstić information content (AvgIpc) is 2.66. The van der Waals surface area contributed by atoms with Crippen LogP contribution in [0.15, 0.2) is 48.5 Å². The van der Waals surface area contributed by atoms with Gasteiger partial charge in [-0.05, 0) is 36.2 Å². The van der Waals surface area contributed by atoms with E-state index >= 15 is 0 Å². The molecule has 0 heterocycles. The molecule has 27 heavy (non-hydrogen) atoms. The van der Waals surface area contributed by atoms with Crippen LogP contribution >= 0.6 is 0 Å². The molecule has 0 fully saturated rings. The maximum atomic E-state index is 12.4. The van der Waals surface area contributed by atoms with Crippen LogP contribution in [-0.4, -0.2) is 25.0 Å². The topological polar surface area (TPSA) is 67.4 Å². The van der Waals surface area contributed by atoms with Crippen LogP contribution in [0, 0.1) is 0 Å². The molecule has 0 atom stereocenters. The molecule has 0 aliphatic rings. The molecule has 0 aliphatic heterocycles. The van der Waals surface area contributed by atoms with Gasteiger partial charge in [0.1, 0.15) is 5.75 Å². The summed E-state index contributed by atoms with van der Waals surface area (Å²) in [6.07, 6.45) is 1.93. The molecule has 2 N–H and O–H groups in total. The number of unbranched alkanes of at least 4 members (excludes halogenated alkanes) is 1. The fourth-order valence-electron chi connectivity index (χ4n) is 2.39. The predicted octanol–water partition coefficient (Wildman–Crippen LogP) is 3.75. The SMILES string of the molecule is CCCCNC(=O)c1ccc(CNC(=O)c2ccccc2OC(F)F)cc1. The minimum atomic E-state index is -3.00. The molecule has 0 unspecified atom stereocenters. The first-order valence-electron chi connectivity index (χ1n) is 8.70. The van der Waals surface area contributed by atoms with Gasteiger partial charge in [-0.15, -0.1) is 0 Å². The monoisotopic (exact) mass is 376 g/mol. The molecular weight excluding hydrogens is 354 g/mol. The van der Waals surface area contributed by atoms with Gasteiger partial charge in [0.25, 0.3) is 11.8 Å². The van der Waals surface area contributed by atoms with Crippen LogP contribution in [0.4, 0.5) is 8.78 Å². The molecule has 144 valence electrons. The summed E-state index contributed by atoms with van der Waals surface area (Å²) in [7, 11) is 0. The Labute approximate surface area is 156 Å². The Morgan fingerprint density at radius 1 is 1.00 bits per heavy atom. The second-order valence-corrected chi connectivity index (χ2v) is 5.86. The standard InChI is InChI=1S/C20H22F2N2O3/c1-2-3-12-23-18(25)15-10-8-14(9-11-15)13-24-19(26)16-6-4-5-7-17(16)27-20(21)22/h4-11,20H,2-3,12-13H2,1H3,(H,23,25)(H,24,26). The Morgan fingerprint density at radius 3 is 2.37 bits per heavy atom. The lowest BCUT2D eigenvalue weighted by Crippen LogP contribution is -2.25. The first kappa shape index (κ1) is 20.4. The fourth-order valence-corrected chi connectivity index (χ4v) is 2.39. The lowest BCUT2D eigenvalue weighted by atomic mass is 10.1. The van der Waals surface area contributed by atoms with Crippen molar-refractivity contribution >= 4 is 11.8 Å². The van der Waals surface area contributed by atoms with Gasteiger partial charge < -0.3 is 15.4 Å². The highest BCUT2D eigenvalue weighted by Crippen LogP contribution is 2.20. The van der Waals surface area contributed by atoms with Crippen LogP contribution in [0.25, 0.3) is 0 Å². The zero-order valence-corrected chi connectivity index (χ0v) is 15.0. The van der Waals surface area contributed by atoms with E-state index in [0.717, 1.165) is 18.4 Å². The van der Waals surface area contributed by atoms with E-state index in [1.165, 1.54) is 18.2 Å². The highest BCUT2D eigenvalue weighted by molar-refractivity contribution is 5.97. The van der Waals surface area contributed by atoms with Crippen LogP contribution in [0.2, 0.25) is 0 Å². The van der Waals surface area contributed by atoms with Crippen LogP contribution in [0.5, 0.6) is 5.75 Å². The maximum Gasteiger partial charge on any atom is 0.387 e. The Kier molecular flexibility index (Phi) is 7.73. The third-order valence-corrected chi connectivity index (χ3v) is 3.83. The lowest BCUT2D eigenvalue weighted by molar-refractivity contribution is -0.0501. The van der Waals surface area contributed by atoms with Gasteiger partial charge in [-0.25, -0.2) is 0 Å². The summed E-state index contributed by atoms with van der Waals surface area (Å²) in [6.45, 7) is -0.130. The van der Waals surface area contributed by atoms with Gasteiger partial charge in [-0.3, -0.25) is 9.59 Å². The summed E-state index contributed by atoms with van der Waals surface area (Å²) in [6, 6.07) is 12.6. The molecule has 2 rings (SSSR count). The summed E-state index contributed by atoms with van der Waals surface area (Å²) < 4.78 is 29.2. The molecular formula is C20H22F2N2O3. The second kappa shape index (κ2) is 10.3. The van der Waals surface area contributed by atoms with E-state index in [1.54, 1.807) is 30.3 Å². The fraction of sp³-hybridized carbons (Fsp3) is 0.300.